The van der Waals surface area contributed by atoms with E-state index >= 15 is 0 Å². The predicted molar refractivity (Wildman–Crippen MR) is 114 cm³/mol. The second-order valence-corrected chi connectivity index (χ2v) is 7.17. The quantitative estimate of drug-likeness (QED) is 0.467. The summed E-state index contributed by atoms with van der Waals surface area (Å²) in [5.74, 6) is -0.0846. The number of ether oxygens (including phenoxy) is 1. The Labute approximate surface area is 168 Å². The Kier molecular flexibility index (Phi) is 8.95. The molecule has 0 radical (unpaired) electrons. The topological polar surface area (TPSA) is 56.1 Å². The molecule has 0 bridgehead atoms. The summed E-state index contributed by atoms with van der Waals surface area (Å²) >= 11 is 0. The van der Waals surface area contributed by atoms with E-state index in [4.69, 9.17) is 4.74 Å². The van der Waals surface area contributed by atoms with E-state index in [-0.39, 0.29) is 5.91 Å². The van der Waals surface area contributed by atoms with Crippen molar-refractivity contribution in [2.45, 2.75) is 53.5 Å². The predicted octanol–water partition coefficient (Wildman–Crippen LogP) is 4.19. The van der Waals surface area contributed by atoms with Crippen LogP contribution in [0.2, 0.25) is 0 Å². The highest BCUT2D eigenvalue weighted by Gasteiger charge is 2.10. The fourth-order valence-electron chi connectivity index (χ4n) is 2.92. The lowest BCUT2D eigenvalue weighted by Gasteiger charge is -2.05. The maximum Gasteiger partial charge on any atom is 0.244 e. The number of hydrogen-bond acceptors (Lipinski definition) is 3. The molecule has 0 saturated heterocycles. The van der Waals surface area contributed by atoms with Crippen molar-refractivity contribution in [1.29, 1.82) is 0 Å². The van der Waals surface area contributed by atoms with Gasteiger partial charge in [-0.25, -0.2) is 0 Å². The first kappa shape index (κ1) is 21.9. The molecule has 1 N–H and O–H groups in total. The molecule has 2 aromatic rings. The normalized spacial score (nSPS) is 11.3. The monoisotopic (exact) mass is 383 g/mol. The number of carbonyl (C=O) groups is 1. The molecule has 0 aliphatic carbocycles. The number of unbranched alkanes of at least 4 members (excludes halogenated alkanes) is 1. The summed E-state index contributed by atoms with van der Waals surface area (Å²) in [6.45, 7) is 11.1. The molecule has 0 spiro atoms. The third-order valence-electron chi connectivity index (χ3n) is 4.70. The fourth-order valence-corrected chi connectivity index (χ4v) is 2.92. The molecule has 2 rings (SSSR count). The number of benzene rings is 1. The van der Waals surface area contributed by atoms with Crippen LogP contribution in [0.4, 0.5) is 0 Å². The van der Waals surface area contributed by atoms with Gasteiger partial charge in [0, 0.05) is 37.1 Å². The van der Waals surface area contributed by atoms with Crippen molar-refractivity contribution in [3.05, 3.63) is 58.4 Å². The van der Waals surface area contributed by atoms with Gasteiger partial charge in [0.2, 0.25) is 5.91 Å². The Bertz CT molecular complexity index is 776. The number of nitrogens with one attached hydrogen (secondary N) is 1. The minimum absolute atomic E-state index is 0.0846. The number of hydrogen-bond donors (Lipinski definition) is 1. The first-order chi connectivity index (χ1) is 13.5. The zero-order valence-electron chi connectivity index (χ0n) is 17.6. The van der Waals surface area contributed by atoms with E-state index in [9.17, 15) is 4.79 Å². The van der Waals surface area contributed by atoms with Gasteiger partial charge in [-0.1, -0.05) is 43.2 Å². The molecule has 1 aromatic heterocycles. The van der Waals surface area contributed by atoms with Gasteiger partial charge in [-0.2, -0.15) is 5.10 Å². The molecule has 5 nitrogen and oxygen atoms in total. The van der Waals surface area contributed by atoms with Crippen molar-refractivity contribution in [2.75, 3.05) is 19.8 Å². The number of nitrogens with zero attached hydrogens (tertiary/aromatic N) is 2. The van der Waals surface area contributed by atoms with Crippen LogP contribution in [0.3, 0.4) is 0 Å². The molecule has 1 aromatic carbocycles. The molecule has 152 valence electrons. The van der Waals surface area contributed by atoms with Crippen LogP contribution in [0.25, 0.3) is 6.08 Å². The third kappa shape index (κ3) is 6.97. The molecule has 0 fully saturated rings. The molecular formula is C23H33N3O2. The fraction of sp³-hybridized carbons (Fsp3) is 0.478. The summed E-state index contributed by atoms with van der Waals surface area (Å²) in [4.78, 5) is 12.0. The molecule has 1 heterocycles. The van der Waals surface area contributed by atoms with Crippen LogP contribution in [0.5, 0.6) is 0 Å². The van der Waals surface area contributed by atoms with Crippen molar-refractivity contribution in [2.24, 2.45) is 0 Å². The van der Waals surface area contributed by atoms with Crippen LogP contribution in [-0.2, 0) is 16.1 Å². The number of aromatic nitrogens is 2. The maximum atomic E-state index is 12.0. The lowest BCUT2D eigenvalue weighted by atomic mass is 10.1. The van der Waals surface area contributed by atoms with Gasteiger partial charge in [-0.05, 0) is 45.3 Å². The average molecular weight is 384 g/mol. The van der Waals surface area contributed by atoms with Gasteiger partial charge >= 0.3 is 0 Å². The standard InChI is InChI=1S/C23H33N3O2/c1-5-6-15-28-16-7-14-24-23(27)13-12-22-19(3)25-26(20(22)4)17-21-10-8-18(2)9-11-21/h8-13H,5-7,14-17H2,1-4H3,(H,24,27)/b13-12+. The molecule has 0 aliphatic rings. The van der Waals surface area contributed by atoms with Crippen LogP contribution in [0.15, 0.2) is 30.3 Å². The van der Waals surface area contributed by atoms with E-state index in [0.29, 0.717) is 13.2 Å². The van der Waals surface area contributed by atoms with Gasteiger partial charge in [0.05, 0.1) is 12.2 Å². The number of rotatable bonds is 11. The summed E-state index contributed by atoms with van der Waals surface area (Å²) < 4.78 is 7.49. The van der Waals surface area contributed by atoms with E-state index in [0.717, 1.165) is 49.4 Å². The smallest absolute Gasteiger partial charge is 0.244 e. The van der Waals surface area contributed by atoms with Crippen molar-refractivity contribution >= 4 is 12.0 Å². The Morgan fingerprint density at radius 3 is 2.57 bits per heavy atom. The summed E-state index contributed by atoms with van der Waals surface area (Å²) in [7, 11) is 0. The van der Waals surface area contributed by atoms with E-state index in [1.54, 1.807) is 6.08 Å². The second kappa shape index (κ2) is 11.4. The van der Waals surface area contributed by atoms with Gasteiger partial charge < -0.3 is 10.1 Å². The SMILES string of the molecule is CCCCOCCCNC(=O)/C=C/c1c(C)nn(Cc2ccc(C)cc2)c1C. The Morgan fingerprint density at radius 2 is 1.86 bits per heavy atom. The lowest BCUT2D eigenvalue weighted by molar-refractivity contribution is -0.116. The first-order valence-electron chi connectivity index (χ1n) is 10.1. The summed E-state index contributed by atoms with van der Waals surface area (Å²) in [5.41, 5.74) is 5.46. The van der Waals surface area contributed by atoms with Crippen molar-refractivity contribution in [3.8, 4) is 0 Å². The van der Waals surface area contributed by atoms with Crippen LogP contribution in [-0.4, -0.2) is 35.4 Å². The van der Waals surface area contributed by atoms with Crippen LogP contribution in [0.1, 0.15) is 54.3 Å². The van der Waals surface area contributed by atoms with Gasteiger partial charge in [0.25, 0.3) is 0 Å². The molecule has 1 amide bonds. The van der Waals surface area contributed by atoms with Crippen molar-refractivity contribution in [1.82, 2.24) is 15.1 Å². The molecule has 0 atom stereocenters. The summed E-state index contributed by atoms with van der Waals surface area (Å²) in [6.07, 6.45) is 6.50. The largest absolute Gasteiger partial charge is 0.381 e. The number of amides is 1. The van der Waals surface area contributed by atoms with Gasteiger partial charge in [-0.15, -0.1) is 0 Å². The van der Waals surface area contributed by atoms with E-state index < -0.39 is 0 Å². The van der Waals surface area contributed by atoms with E-state index in [1.807, 2.05) is 24.6 Å². The molecule has 0 saturated carbocycles. The Balaban J connectivity index is 1.85. The molecule has 0 aliphatic heterocycles. The van der Waals surface area contributed by atoms with Crippen LogP contribution in [0, 0.1) is 20.8 Å². The van der Waals surface area contributed by atoms with E-state index in [2.05, 4.69) is 48.5 Å². The molecule has 0 unspecified atom stereocenters. The van der Waals surface area contributed by atoms with Crippen LogP contribution >= 0.6 is 0 Å². The highest BCUT2D eigenvalue weighted by Crippen LogP contribution is 2.16. The minimum Gasteiger partial charge on any atom is -0.381 e. The average Bonchev–Trinajstić information content (AvgIpc) is 2.94. The van der Waals surface area contributed by atoms with E-state index in [1.165, 1.54) is 11.1 Å². The molecule has 5 heteroatoms. The van der Waals surface area contributed by atoms with Gasteiger partial charge in [0.15, 0.2) is 0 Å². The summed E-state index contributed by atoms with van der Waals surface area (Å²) in [6, 6.07) is 8.48. The lowest BCUT2D eigenvalue weighted by Crippen LogP contribution is -2.23. The van der Waals surface area contributed by atoms with Crippen molar-refractivity contribution in [3.63, 3.8) is 0 Å². The maximum absolute atomic E-state index is 12.0. The second-order valence-electron chi connectivity index (χ2n) is 7.17. The number of carbonyl (C=O) groups excluding carboxylic acids is 1. The summed E-state index contributed by atoms with van der Waals surface area (Å²) in [5, 5.41) is 7.54. The zero-order valence-corrected chi connectivity index (χ0v) is 17.6. The van der Waals surface area contributed by atoms with Gasteiger partial charge in [0.1, 0.15) is 0 Å². The zero-order chi connectivity index (χ0) is 20.4. The highest BCUT2D eigenvalue weighted by atomic mass is 16.5. The Hall–Kier alpha value is -2.40. The number of aryl methyl sites for hydroxylation is 2. The minimum atomic E-state index is -0.0846. The van der Waals surface area contributed by atoms with Gasteiger partial charge in [-0.3, -0.25) is 9.48 Å². The molecule has 28 heavy (non-hydrogen) atoms. The van der Waals surface area contributed by atoms with Crippen LogP contribution < -0.4 is 5.32 Å². The highest BCUT2D eigenvalue weighted by molar-refractivity contribution is 5.91. The molecular weight excluding hydrogens is 350 g/mol. The van der Waals surface area contributed by atoms with Crippen molar-refractivity contribution < 1.29 is 9.53 Å². The third-order valence-corrected chi connectivity index (χ3v) is 4.70. The Morgan fingerprint density at radius 1 is 1.14 bits per heavy atom. The first-order valence-corrected chi connectivity index (χ1v) is 10.1.